The van der Waals surface area contributed by atoms with E-state index in [0.29, 0.717) is 17.9 Å². The lowest BCUT2D eigenvalue weighted by Crippen LogP contribution is -2.48. The summed E-state index contributed by atoms with van der Waals surface area (Å²) in [5, 5.41) is 3.37. The summed E-state index contributed by atoms with van der Waals surface area (Å²) in [7, 11) is 0. The van der Waals surface area contributed by atoms with Gasteiger partial charge in [-0.2, -0.15) is 4.98 Å². The smallest absolute Gasteiger partial charge is 0.300 e. The molecule has 6 rings (SSSR count). The lowest BCUT2D eigenvalue weighted by molar-refractivity contribution is -0.133. The Hall–Kier alpha value is -2.64. The number of hydrogen-bond donors (Lipinski definition) is 1. The molecule has 1 atom stereocenters. The van der Waals surface area contributed by atoms with Crippen molar-refractivity contribution in [1.82, 2.24) is 19.9 Å². The molecule has 3 fully saturated rings. The molecule has 2 aromatic rings. The van der Waals surface area contributed by atoms with Gasteiger partial charge in [0.15, 0.2) is 0 Å². The summed E-state index contributed by atoms with van der Waals surface area (Å²) in [5.41, 5.74) is 2.26. The number of likely N-dealkylation sites (tertiary alicyclic amines) is 1. The molecule has 0 bridgehead atoms. The molecule has 1 unspecified atom stereocenters. The third kappa shape index (κ3) is 4.08. The number of oxazole rings is 1. The molecule has 8 heteroatoms. The summed E-state index contributed by atoms with van der Waals surface area (Å²) >= 11 is 0. The highest BCUT2D eigenvalue weighted by Gasteiger charge is 2.36. The van der Waals surface area contributed by atoms with E-state index in [1.54, 1.807) is 0 Å². The van der Waals surface area contributed by atoms with Crippen LogP contribution in [0.5, 0.6) is 0 Å². The molecule has 8 nitrogen and oxygen atoms in total. The fourth-order valence-corrected chi connectivity index (χ4v) is 6.08. The van der Waals surface area contributed by atoms with Gasteiger partial charge in [-0.1, -0.05) is 12.8 Å². The standard InChI is InChI=1S/C25H34N6O2/c32-23(30-13-4-1-5-14-30)20-12-7-15-31(20)24-27-19-11-6-10-18(19)22(28-24)29-25-26-16-21(33-25)17-8-2-3-9-17/h16-17,20H,1-15H2,(H,26,27,28,29). The van der Waals surface area contributed by atoms with Gasteiger partial charge in [0.25, 0.3) is 0 Å². The molecule has 2 aliphatic carbocycles. The lowest BCUT2D eigenvalue weighted by Gasteiger charge is -2.32. The molecule has 2 aromatic heterocycles. The Morgan fingerprint density at radius 1 is 0.939 bits per heavy atom. The maximum atomic E-state index is 13.3. The van der Waals surface area contributed by atoms with E-state index in [1.807, 2.05) is 6.20 Å². The van der Waals surface area contributed by atoms with Crippen LogP contribution < -0.4 is 10.2 Å². The number of nitrogens with one attached hydrogen (secondary N) is 1. The highest BCUT2D eigenvalue weighted by atomic mass is 16.4. The third-order valence-electron chi connectivity index (χ3n) is 7.89. The summed E-state index contributed by atoms with van der Waals surface area (Å²) in [6, 6.07) is 0.365. The number of aryl methyl sites for hydroxylation is 1. The maximum absolute atomic E-state index is 13.3. The van der Waals surface area contributed by atoms with Crippen LogP contribution >= 0.6 is 0 Å². The first-order valence-electron chi connectivity index (χ1n) is 12.9. The number of rotatable bonds is 5. The number of fused-ring (bicyclic) bond motifs is 1. The van der Waals surface area contributed by atoms with Crippen molar-refractivity contribution in [3.05, 3.63) is 23.2 Å². The van der Waals surface area contributed by atoms with Crippen molar-refractivity contribution in [3.8, 4) is 0 Å². The van der Waals surface area contributed by atoms with Crippen molar-refractivity contribution in [2.75, 3.05) is 29.9 Å². The first kappa shape index (κ1) is 20.9. The molecule has 1 saturated carbocycles. The third-order valence-corrected chi connectivity index (χ3v) is 7.89. The number of piperidine rings is 1. The van der Waals surface area contributed by atoms with E-state index in [4.69, 9.17) is 14.4 Å². The monoisotopic (exact) mass is 450 g/mol. The van der Waals surface area contributed by atoms with Crippen LogP contribution in [0, 0.1) is 0 Å². The average molecular weight is 451 g/mol. The Kier molecular flexibility index (Phi) is 5.68. The predicted molar refractivity (Wildman–Crippen MR) is 126 cm³/mol. The van der Waals surface area contributed by atoms with Gasteiger partial charge in [0.2, 0.25) is 11.9 Å². The van der Waals surface area contributed by atoms with Crippen molar-refractivity contribution < 1.29 is 9.21 Å². The quantitative estimate of drug-likeness (QED) is 0.725. The molecule has 1 N–H and O–H groups in total. The fraction of sp³-hybridized carbons (Fsp3) is 0.680. The van der Waals surface area contributed by atoms with E-state index in [2.05, 4.69) is 20.1 Å². The van der Waals surface area contributed by atoms with Gasteiger partial charge in [0, 0.05) is 31.1 Å². The highest BCUT2D eigenvalue weighted by Crippen LogP contribution is 2.37. The van der Waals surface area contributed by atoms with E-state index < -0.39 is 0 Å². The molecule has 176 valence electrons. The minimum Gasteiger partial charge on any atom is -0.428 e. The maximum Gasteiger partial charge on any atom is 0.300 e. The summed E-state index contributed by atoms with van der Waals surface area (Å²) in [4.78, 5) is 31.9. The molecule has 4 aliphatic rings. The number of amides is 1. The largest absolute Gasteiger partial charge is 0.428 e. The Bertz CT molecular complexity index is 1010. The normalized spacial score (nSPS) is 23.3. The molecule has 4 heterocycles. The van der Waals surface area contributed by atoms with Crippen LogP contribution in [0.1, 0.15) is 87.1 Å². The highest BCUT2D eigenvalue weighted by molar-refractivity contribution is 5.85. The number of anilines is 3. The Labute approximate surface area is 195 Å². The second-order valence-corrected chi connectivity index (χ2v) is 10.1. The van der Waals surface area contributed by atoms with E-state index >= 15 is 0 Å². The molecule has 0 spiro atoms. The Morgan fingerprint density at radius 3 is 2.64 bits per heavy atom. The van der Waals surface area contributed by atoms with Crippen molar-refractivity contribution >= 4 is 23.7 Å². The summed E-state index contributed by atoms with van der Waals surface area (Å²) < 4.78 is 6.08. The number of carbonyl (C=O) groups excluding carboxylic acids is 1. The molecule has 1 amide bonds. The van der Waals surface area contributed by atoms with Crippen molar-refractivity contribution in [2.45, 2.75) is 89.0 Å². The zero-order chi connectivity index (χ0) is 22.2. The second kappa shape index (κ2) is 8.95. The van der Waals surface area contributed by atoms with Gasteiger partial charge >= 0.3 is 6.01 Å². The van der Waals surface area contributed by atoms with Gasteiger partial charge in [-0.3, -0.25) is 10.1 Å². The van der Waals surface area contributed by atoms with E-state index in [9.17, 15) is 4.79 Å². The number of carbonyl (C=O) groups is 1. The first-order valence-corrected chi connectivity index (χ1v) is 12.9. The van der Waals surface area contributed by atoms with Crippen LogP contribution in [0.15, 0.2) is 10.6 Å². The lowest BCUT2D eigenvalue weighted by atomic mass is 10.1. The van der Waals surface area contributed by atoms with E-state index in [-0.39, 0.29) is 11.9 Å². The second-order valence-electron chi connectivity index (χ2n) is 10.1. The molecular weight excluding hydrogens is 416 g/mol. The van der Waals surface area contributed by atoms with Gasteiger partial charge in [-0.05, 0) is 64.2 Å². The van der Waals surface area contributed by atoms with Crippen molar-refractivity contribution in [3.63, 3.8) is 0 Å². The molecular formula is C25H34N6O2. The summed E-state index contributed by atoms with van der Waals surface area (Å²) in [6.07, 6.45) is 15.1. The first-order chi connectivity index (χ1) is 16.3. The zero-order valence-corrected chi connectivity index (χ0v) is 19.4. The zero-order valence-electron chi connectivity index (χ0n) is 19.4. The van der Waals surface area contributed by atoms with Gasteiger partial charge in [-0.15, -0.1) is 0 Å². The van der Waals surface area contributed by atoms with E-state index in [0.717, 1.165) is 87.4 Å². The summed E-state index contributed by atoms with van der Waals surface area (Å²) in [6.45, 7) is 2.59. The average Bonchev–Trinajstić information content (AvgIpc) is 3.65. The van der Waals surface area contributed by atoms with Crippen LogP contribution in [-0.4, -0.2) is 51.4 Å². The van der Waals surface area contributed by atoms with Gasteiger partial charge in [0.05, 0.1) is 11.9 Å². The van der Waals surface area contributed by atoms with Gasteiger partial charge in [0.1, 0.15) is 17.6 Å². The number of hydrogen-bond acceptors (Lipinski definition) is 7. The van der Waals surface area contributed by atoms with Crippen LogP contribution in [-0.2, 0) is 17.6 Å². The van der Waals surface area contributed by atoms with Crippen LogP contribution in [0.2, 0.25) is 0 Å². The number of aromatic nitrogens is 3. The minimum absolute atomic E-state index is 0.147. The van der Waals surface area contributed by atoms with Gasteiger partial charge in [-0.25, -0.2) is 9.97 Å². The van der Waals surface area contributed by atoms with Crippen molar-refractivity contribution in [1.29, 1.82) is 0 Å². The molecule has 33 heavy (non-hydrogen) atoms. The SMILES string of the molecule is O=C(C1CCCN1c1nc2c(c(Nc3ncc(C4CCCC4)o3)n1)CCC2)N1CCCCC1. The molecule has 0 aromatic carbocycles. The number of nitrogens with zero attached hydrogens (tertiary/aromatic N) is 5. The van der Waals surface area contributed by atoms with Crippen LogP contribution in [0.4, 0.5) is 17.8 Å². The Morgan fingerprint density at radius 2 is 1.79 bits per heavy atom. The molecule has 0 radical (unpaired) electrons. The summed E-state index contributed by atoms with van der Waals surface area (Å²) in [5.74, 6) is 3.19. The van der Waals surface area contributed by atoms with Crippen LogP contribution in [0.3, 0.4) is 0 Å². The fourth-order valence-electron chi connectivity index (χ4n) is 6.08. The molecule has 2 saturated heterocycles. The van der Waals surface area contributed by atoms with Gasteiger partial charge < -0.3 is 14.2 Å². The van der Waals surface area contributed by atoms with E-state index in [1.165, 1.54) is 32.1 Å². The van der Waals surface area contributed by atoms with Crippen molar-refractivity contribution in [2.24, 2.45) is 0 Å². The van der Waals surface area contributed by atoms with Crippen LogP contribution in [0.25, 0.3) is 0 Å². The topological polar surface area (TPSA) is 87.4 Å². The Balaban J connectivity index is 1.25. The minimum atomic E-state index is -0.147. The molecule has 2 aliphatic heterocycles. The predicted octanol–water partition coefficient (Wildman–Crippen LogP) is 4.34.